The van der Waals surface area contributed by atoms with E-state index in [4.69, 9.17) is 35.4 Å². The van der Waals surface area contributed by atoms with Gasteiger partial charge in [0.15, 0.2) is 5.11 Å². The Morgan fingerprint density at radius 3 is 2.39 bits per heavy atom. The molecule has 1 aliphatic heterocycles. The van der Waals surface area contributed by atoms with E-state index in [-0.39, 0.29) is 12.4 Å². The lowest BCUT2D eigenvalue weighted by Gasteiger charge is -2.36. The highest BCUT2D eigenvalue weighted by Crippen LogP contribution is 2.25. The predicted molar refractivity (Wildman–Crippen MR) is 137 cm³/mol. The molecule has 0 bridgehead atoms. The van der Waals surface area contributed by atoms with Gasteiger partial charge in [0.05, 0.1) is 23.6 Å². The molecular formula is C24H26Cl2FN5S. The molecule has 2 heterocycles. The molecule has 174 valence electrons. The molecule has 0 saturated carbocycles. The van der Waals surface area contributed by atoms with E-state index in [2.05, 4.69) is 26.3 Å². The predicted octanol–water partition coefficient (Wildman–Crippen LogP) is 5.51. The lowest BCUT2D eigenvalue weighted by Crippen LogP contribution is -2.49. The first-order chi connectivity index (χ1) is 15.8. The van der Waals surface area contributed by atoms with Crippen LogP contribution in [-0.4, -0.2) is 50.9 Å². The molecule has 1 aromatic heterocycles. The molecule has 1 saturated heterocycles. The van der Waals surface area contributed by atoms with Crippen molar-refractivity contribution in [3.8, 4) is 0 Å². The fourth-order valence-electron chi connectivity index (χ4n) is 4.03. The van der Waals surface area contributed by atoms with E-state index in [1.54, 1.807) is 16.8 Å². The molecule has 33 heavy (non-hydrogen) atoms. The number of benzene rings is 2. The quantitative estimate of drug-likeness (QED) is 0.462. The Balaban J connectivity index is 1.38. The number of piperazine rings is 1. The molecule has 0 radical (unpaired) electrons. The van der Waals surface area contributed by atoms with E-state index in [1.165, 1.54) is 6.07 Å². The minimum atomic E-state index is -0.338. The van der Waals surface area contributed by atoms with E-state index in [1.807, 2.05) is 32.0 Å². The summed E-state index contributed by atoms with van der Waals surface area (Å²) in [6, 6.07) is 12.7. The molecule has 9 heteroatoms. The van der Waals surface area contributed by atoms with Gasteiger partial charge in [-0.25, -0.2) is 4.39 Å². The number of aryl methyl sites for hydroxylation is 1. The summed E-state index contributed by atoms with van der Waals surface area (Å²) in [5.74, 6) is -0.338. The van der Waals surface area contributed by atoms with Crippen molar-refractivity contribution in [3.05, 3.63) is 80.8 Å². The first-order valence-corrected chi connectivity index (χ1v) is 12.0. The Bertz CT molecular complexity index is 1140. The number of rotatable bonds is 5. The number of anilines is 1. The molecular weight excluding hydrogens is 480 g/mol. The summed E-state index contributed by atoms with van der Waals surface area (Å²) in [4.78, 5) is 4.55. The second-order valence-electron chi connectivity index (χ2n) is 8.19. The van der Waals surface area contributed by atoms with Gasteiger partial charge in [-0.3, -0.25) is 9.58 Å². The molecule has 5 nitrogen and oxygen atoms in total. The second kappa shape index (κ2) is 10.4. The van der Waals surface area contributed by atoms with E-state index >= 15 is 0 Å². The standard InChI is InChI=1S/C24H26Cl2FN5S/c1-16-23(17(2)32(29-16)15-19-21(26)8-5-9-22(19)27)28-24(33)31-12-10-30(11-13-31)14-18-6-3-4-7-20(18)25/h3-9H,10-15H2,1-2H3,(H,28,33). The Morgan fingerprint density at radius 2 is 1.70 bits per heavy atom. The lowest BCUT2D eigenvalue weighted by molar-refractivity contribution is 0.177. The van der Waals surface area contributed by atoms with Crippen molar-refractivity contribution in [1.82, 2.24) is 19.6 Å². The SMILES string of the molecule is Cc1nn(Cc2c(F)cccc2Cl)c(C)c1NC(=S)N1CCN(Cc2ccccc2Cl)CC1. The first kappa shape index (κ1) is 24.0. The van der Waals surface area contributed by atoms with Crippen LogP contribution in [0.25, 0.3) is 0 Å². The number of aromatic nitrogens is 2. The Kier molecular flexibility index (Phi) is 7.54. The number of halogens is 3. The summed E-state index contributed by atoms with van der Waals surface area (Å²) in [5, 5.41) is 9.81. The van der Waals surface area contributed by atoms with E-state index < -0.39 is 0 Å². The van der Waals surface area contributed by atoms with Gasteiger partial charge in [0, 0.05) is 48.3 Å². The van der Waals surface area contributed by atoms with Crippen LogP contribution in [0.1, 0.15) is 22.5 Å². The van der Waals surface area contributed by atoms with Crippen LogP contribution in [0, 0.1) is 19.7 Å². The van der Waals surface area contributed by atoms with Crippen molar-refractivity contribution in [3.63, 3.8) is 0 Å². The summed E-state index contributed by atoms with van der Waals surface area (Å²) in [7, 11) is 0. The summed E-state index contributed by atoms with van der Waals surface area (Å²) in [6.07, 6.45) is 0. The van der Waals surface area contributed by atoms with Crippen molar-refractivity contribution in [2.75, 3.05) is 31.5 Å². The second-order valence-corrected chi connectivity index (χ2v) is 9.39. The fourth-order valence-corrected chi connectivity index (χ4v) is 4.73. The van der Waals surface area contributed by atoms with E-state index in [0.29, 0.717) is 15.7 Å². The van der Waals surface area contributed by atoms with Crippen molar-refractivity contribution < 1.29 is 4.39 Å². The molecule has 0 aliphatic carbocycles. The fraction of sp³-hybridized carbons (Fsp3) is 0.333. The van der Waals surface area contributed by atoms with Gasteiger partial charge in [0.2, 0.25) is 0 Å². The van der Waals surface area contributed by atoms with Crippen molar-refractivity contribution in [1.29, 1.82) is 0 Å². The smallest absolute Gasteiger partial charge is 0.173 e. The molecule has 1 aliphatic rings. The van der Waals surface area contributed by atoms with Crippen LogP contribution < -0.4 is 5.32 Å². The third kappa shape index (κ3) is 5.49. The average molecular weight is 506 g/mol. The topological polar surface area (TPSA) is 36.3 Å². The van der Waals surface area contributed by atoms with Gasteiger partial charge in [0.1, 0.15) is 5.82 Å². The van der Waals surface area contributed by atoms with Crippen LogP contribution in [-0.2, 0) is 13.1 Å². The molecule has 2 aromatic carbocycles. The first-order valence-electron chi connectivity index (χ1n) is 10.8. The van der Waals surface area contributed by atoms with Crippen molar-refractivity contribution in [2.24, 2.45) is 0 Å². The van der Waals surface area contributed by atoms with Gasteiger partial charge in [-0.1, -0.05) is 47.5 Å². The molecule has 0 spiro atoms. The maximum Gasteiger partial charge on any atom is 0.173 e. The van der Waals surface area contributed by atoms with Gasteiger partial charge < -0.3 is 10.2 Å². The zero-order valence-corrected chi connectivity index (χ0v) is 20.9. The highest BCUT2D eigenvalue weighted by molar-refractivity contribution is 7.80. The zero-order chi connectivity index (χ0) is 23.5. The van der Waals surface area contributed by atoms with Gasteiger partial charge >= 0.3 is 0 Å². The highest BCUT2D eigenvalue weighted by atomic mass is 35.5. The molecule has 0 unspecified atom stereocenters. The minimum Gasteiger partial charge on any atom is -0.346 e. The van der Waals surface area contributed by atoms with Crippen molar-refractivity contribution >= 4 is 46.2 Å². The number of nitrogens with one attached hydrogen (secondary N) is 1. The third-order valence-corrected chi connectivity index (χ3v) is 7.08. The Hall–Kier alpha value is -2.19. The summed E-state index contributed by atoms with van der Waals surface area (Å²) in [6.45, 7) is 8.40. The Morgan fingerprint density at radius 1 is 1.00 bits per heavy atom. The van der Waals surface area contributed by atoms with Crippen molar-refractivity contribution in [2.45, 2.75) is 26.9 Å². The molecule has 0 amide bonds. The zero-order valence-electron chi connectivity index (χ0n) is 18.6. The third-order valence-electron chi connectivity index (χ3n) is 5.99. The monoisotopic (exact) mass is 505 g/mol. The summed E-state index contributed by atoms with van der Waals surface area (Å²) >= 11 is 18.2. The van der Waals surface area contributed by atoms with Gasteiger partial charge in [-0.2, -0.15) is 5.10 Å². The lowest BCUT2D eigenvalue weighted by atomic mass is 10.2. The highest BCUT2D eigenvalue weighted by Gasteiger charge is 2.22. The van der Waals surface area contributed by atoms with Gasteiger partial charge in [-0.15, -0.1) is 0 Å². The van der Waals surface area contributed by atoms with E-state index in [9.17, 15) is 4.39 Å². The number of hydrogen-bond acceptors (Lipinski definition) is 3. The maximum absolute atomic E-state index is 14.2. The average Bonchev–Trinajstić information content (AvgIpc) is 3.06. The molecule has 0 atom stereocenters. The van der Waals surface area contributed by atoms with Gasteiger partial charge in [-0.05, 0) is 49.8 Å². The number of thiocarbonyl (C=S) groups is 1. The largest absolute Gasteiger partial charge is 0.346 e. The molecule has 4 rings (SSSR count). The summed E-state index contributed by atoms with van der Waals surface area (Å²) < 4.78 is 16.0. The minimum absolute atomic E-state index is 0.257. The number of nitrogens with zero attached hydrogens (tertiary/aromatic N) is 4. The molecule has 1 N–H and O–H groups in total. The van der Waals surface area contributed by atoms with Crippen LogP contribution in [0.5, 0.6) is 0 Å². The van der Waals surface area contributed by atoms with E-state index in [0.717, 1.165) is 60.4 Å². The van der Waals surface area contributed by atoms with Crippen LogP contribution in [0.15, 0.2) is 42.5 Å². The summed E-state index contributed by atoms with van der Waals surface area (Å²) in [5.41, 5.74) is 4.10. The Labute approximate surface area is 209 Å². The van der Waals surface area contributed by atoms with Crippen LogP contribution in [0.4, 0.5) is 10.1 Å². The normalized spacial score (nSPS) is 14.5. The van der Waals surface area contributed by atoms with Gasteiger partial charge in [0.25, 0.3) is 0 Å². The maximum atomic E-state index is 14.2. The molecule has 1 fully saturated rings. The number of hydrogen-bond donors (Lipinski definition) is 1. The van der Waals surface area contributed by atoms with Crippen LogP contribution in [0.3, 0.4) is 0 Å². The van der Waals surface area contributed by atoms with Crippen LogP contribution >= 0.6 is 35.4 Å². The van der Waals surface area contributed by atoms with Crippen LogP contribution in [0.2, 0.25) is 10.0 Å². The molecule has 3 aromatic rings.